The molecule has 0 atom stereocenters. The number of rotatable bonds is 5. The topological polar surface area (TPSA) is 47.0 Å². The van der Waals surface area contributed by atoms with Crippen LogP contribution in [0.1, 0.15) is 32.0 Å². The average Bonchev–Trinajstić information content (AvgIpc) is 2.37. The number of halogens is 1. The second-order valence-corrected chi connectivity index (χ2v) is 5.49. The number of anilines is 1. The summed E-state index contributed by atoms with van der Waals surface area (Å²) in [6, 6.07) is 1.94. The molecule has 2 heterocycles. The summed E-state index contributed by atoms with van der Waals surface area (Å²) < 4.78 is 6.22. The third-order valence-electron chi connectivity index (χ3n) is 3.13. The first kappa shape index (κ1) is 13.7. The fraction of sp³-hybridized carbons (Fsp3) is 0.692. The summed E-state index contributed by atoms with van der Waals surface area (Å²) in [5.74, 6) is 2.52. The molecule has 0 saturated carbocycles. The molecule has 1 aliphatic heterocycles. The SMILES string of the molecule is CCCc1nc(Br)cc(NCC2CCOCC2)n1. The molecule has 0 aromatic carbocycles. The van der Waals surface area contributed by atoms with Gasteiger partial charge in [0.1, 0.15) is 16.2 Å². The van der Waals surface area contributed by atoms with Crippen LogP contribution in [-0.4, -0.2) is 29.7 Å². The second kappa shape index (κ2) is 7.04. The van der Waals surface area contributed by atoms with Crippen LogP contribution in [-0.2, 0) is 11.2 Å². The standard InChI is InChI=1S/C13H20BrN3O/c1-2-3-12-16-11(14)8-13(17-12)15-9-10-4-6-18-7-5-10/h8,10H,2-7,9H2,1H3,(H,15,16,17). The highest BCUT2D eigenvalue weighted by Gasteiger charge is 2.13. The number of ether oxygens (including phenoxy) is 1. The Hall–Kier alpha value is -0.680. The number of nitrogens with one attached hydrogen (secondary N) is 1. The Kier molecular flexibility index (Phi) is 5.38. The quantitative estimate of drug-likeness (QED) is 0.849. The minimum atomic E-state index is 0.696. The normalized spacial score (nSPS) is 16.8. The molecule has 0 unspecified atom stereocenters. The van der Waals surface area contributed by atoms with Crippen LogP contribution >= 0.6 is 15.9 Å². The first-order chi connectivity index (χ1) is 8.78. The molecule has 1 N–H and O–H groups in total. The van der Waals surface area contributed by atoms with Gasteiger partial charge in [0.15, 0.2) is 0 Å². The van der Waals surface area contributed by atoms with E-state index in [9.17, 15) is 0 Å². The van der Waals surface area contributed by atoms with Crippen molar-refractivity contribution in [2.24, 2.45) is 5.92 Å². The lowest BCUT2D eigenvalue weighted by molar-refractivity contribution is 0.0699. The Bertz CT molecular complexity index is 380. The van der Waals surface area contributed by atoms with E-state index in [1.165, 1.54) is 0 Å². The molecule has 5 heteroatoms. The summed E-state index contributed by atoms with van der Waals surface area (Å²) in [4.78, 5) is 8.89. The lowest BCUT2D eigenvalue weighted by Gasteiger charge is -2.22. The van der Waals surface area contributed by atoms with Crippen LogP contribution in [0.25, 0.3) is 0 Å². The van der Waals surface area contributed by atoms with Crippen molar-refractivity contribution >= 4 is 21.7 Å². The predicted octanol–water partition coefficient (Wildman–Crippen LogP) is 3.03. The van der Waals surface area contributed by atoms with Gasteiger partial charge in [-0.15, -0.1) is 0 Å². The summed E-state index contributed by atoms with van der Waals surface area (Å²) >= 11 is 3.44. The van der Waals surface area contributed by atoms with Gasteiger partial charge >= 0.3 is 0 Å². The number of aryl methyl sites for hydroxylation is 1. The van der Waals surface area contributed by atoms with Crippen molar-refractivity contribution < 1.29 is 4.74 Å². The minimum Gasteiger partial charge on any atom is -0.381 e. The predicted molar refractivity (Wildman–Crippen MR) is 75.8 cm³/mol. The number of aromatic nitrogens is 2. The van der Waals surface area contributed by atoms with Crippen molar-refractivity contribution in [3.8, 4) is 0 Å². The van der Waals surface area contributed by atoms with Crippen molar-refractivity contribution in [2.45, 2.75) is 32.6 Å². The molecule has 1 aromatic rings. The Morgan fingerprint density at radius 2 is 2.17 bits per heavy atom. The van der Waals surface area contributed by atoms with E-state index in [1.54, 1.807) is 0 Å². The molecule has 1 aliphatic rings. The first-order valence-corrected chi connectivity index (χ1v) is 7.42. The molecule has 0 aliphatic carbocycles. The van der Waals surface area contributed by atoms with Gasteiger partial charge in [-0.2, -0.15) is 0 Å². The smallest absolute Gasteiger partial charge is 0.132 e. The van der Waals surface area contributed by atoms with Crippen LogP contribution in [0.5, 0.6) is 0 Å². The zero-order valence-corrected chi connectivity index (χ0v) is 12.4. The summed E-state index contributed by atoms with van der Waals surface area (Å²) in [5, 5.41) is 3.42. The van der Waals surface area contributed by atoms with Gasteiger partial charge in [0.25, 0.3) is 0 Å². The van der Waals surface area contributed by atoms with Gasteiger partial charge < -0.3 is 10.1 Å². The van der Waals surface area contributed by atoms with Gasteiger partial charge in [0.05, 0.1) is 0 Å². The third-order valence-corrected chi connectivity index (χ3v) is 3.53. The first-order valence-electron chi connectivity index (χ1n) is 6.63. The maximum Gasteiger partial charge on any atom is 0.132 e. The van der Waals surface area contributed by atoms with Crippen molar-refractivity contribution in [3.63, 3.8) is 0 Å². The molecule has 1 saturated heterocycles. The number of hydrogen-bond acceptors (Lipinski definition) is 4. The molecule has 1 aromatic heterocycles. The van der Waals surface area contributed by atoms with E-state index >= 15 is 0 Å². The Labute approximate surface area is 117 Å². The molecule has 1 fully saturated rings. The maximum atomic E-state index is 5.36. The van der Waals surface area contributed by atoms with Crippen LogP contribution in [0.4, 0.5) is 5.82 Å². The molecule has 2 rings (SSSR count). The number of hydrogen-bond donors (Lipinski definition) is 1. The van der Waals surface area contributed by atoms with Gasteiger partial charge in [-0.1, -0.05) is 6.92 Å². The lowest BCUT2D eigenvalue weighted by Crippen LogP contribution is -2.23. The summed E-state index contributed by atoms with van der Waals surface area (Å²) in [6.07, 6.45) is 4.27. The summed E-state index contributed by atoms with van der Waals surface area (Å²) in [7, 11) is 0. The molecule has 0 bridgehead atoms. The molecule has 0 spiro atoms. The van der Waals surface area contributed by atoms with Gasteiger partial charge in [0.2, 0.25) is 0 Å². The highest BCUT2D eigenvalue weighted by molar-refractivity contribution is 9.10. The van der Waals surface area contributed by atoms with Gasteiger partial charge in [-0.3, -0.25) is 0 Å². The van der Waals surface area contributed by atoms with Crippen molar-refractivity contribution in [2.75, 3.05) is 25.1 Å². The zero-order valence-electron chi connectivity index (χ0n) is 10.8. The monoisotopic (exact) mass is 313 g/mol. The van der Waals surface area contributed by atoms with E-state index in [1.807, 2.05) is 6.07 Å². The Balaban J connectivity index is 1.91. The average molecular weight is 314 g/mol. The van der Waals surface area contributed by atoms with E-state index in [0.717, 1.165) is 61.7 Å². The van der Waals surface area contributed by atoms with Gasteiger partial charge in [0, 0.05) is 32.2 Å². The van der Waals surface area contributed by atoms with Crippen molar-refractivity contribution in [1.82, 2.24) is 9.97 Å². The lowest BCUT2D eigenvalue weighted by atomic mass is 10.0. The van der Waals surface area contributed by atoms with Crippen LogP contribution in [0.3, 0.4) is 0 Å². The van der Waals surface area contributed by atoms with Gasteiger partial charge in [-0.05, 0) is 41.1 Å². The third kappa shape index (κ3) is 4.21. The fourth-order valence-corrected chi connectivity index (χ4v) is 2.51. The molecule has 4 nitrogen and oxygen atoms in total. The van der Waals surface area contributed by atoms with Crippen LogP contribution in [0.15, 0.2) is 10.7 Å². The van der Waals surface area contributed by atoms with Crippen molar-refractivity contribution in [3.05, 3.63) is 16.5 Å². The molecule has 0 radical (unpaired) electrons. The second-order valence-electron chi connectivity index (χ2n) is 4.68. The highest BCUT2D eigenvalue weighted by Crippen LogP contribution is 2.17. The molecule has 100 valence electrons. The minimum absolute atomic E-state index is 0.696. The maximum absolute atomic E-state index is 5.36. The zero-order chi connectivity index (χ0) is 12.8. The molecular formula is C13H20BrN3O. The largest absolute Gasteiger partial charge is 0.381 e. The van der Waals surface area contributed by atoms with E-state index in [2.05, 4.69) is 38.1 Å². The molecule has 18 heavy (non-hydrogen) atoms. The number of nitrogens with zero attached hydrogens (tertiary/aromatic N) is 2. The molecule has 0 amide bonds. The Morgan fingerprint density at radius 1 is 1.39 bits per heavy atom. The Morgan fingerprint density at radius 3 is 2.89 bits per heavy atom. The van der Waals surface area contributed by atoms with E-state index in [4.69, 9.17) is 4.74 Å². The van der Waals surface area contributed by atoms with E-state index in [0.29, 0.717) is 5.92 Å². The van der Waals surface area contributed by atoms with E-state index < -0.39 is 0 Å². The molecular weight excluding hydrogens is 294 g/mol. The van der Waals surface area contributed by atoms with Crippen LogP contribution in [0.2, 0.25) is 0 Å². The van der Waals surface area contributed by atoms with Gasteiger partial charge in [-0.25, -0.2) is 9.97 Å². The summed E-state index contributed by atoms with van der Waals surface area (Å²) in [5.41, 5.74) is 0. The van der Waals surface area contributed by atoms with E-state index in [-0.39, 0.29) is 0 Å². The van der Waals surface area contributed by atoms with Crippen LogP contribution < -0.4 is 5.32 Å². The van der Waals surface area contributed by atoms with Crippen molar-refractivity contribution in [1.29, 1.82) is 0 Å². The van der Waals surface area contributed by atoms with Crippen LogP contribution in [0, 0.1) is 5.92 Å². The highest BCUT2D eigenvalue weighted by atomic mass is 79.9. The fourth-order valence-electron chi connectivity index (χ4n) is 2.09. The summed E-state index contributed by atoms with van der Waals surface area (Å²) in [6.45, 7) is 4.89.